The highest BCUT2D eigenvalue weighted by Crippen LogP contribution is 2.22. The van der Waals surface area contributed by atoms with E-state index in [2.05, 4.69) is 10.3 Å². The van der Waals surface area contributed by atoms with E-state index >= 15 is 0 Å². The molecule has 3 rings (SSSR count). The highest BCUT2D eigenvalue weighted by molar-refractivity contribution is 7.99. The molecule has 1 saturated heterocycles. The van der Waals surface area contributed by atoms with E-state index in [9.17, 15) is 4.79 Å². The zero-order valence-corrected chi connectivity index (χ0v) is 14.7. The van der Waals surface area contributed by atoms with E-state index in [1.54, 1.807) is 18.0 Å². The van der Waals surface area contributed by atoms with Crippen molar-refractivity contribution in [2.24, 2.45) is 0 Å². The molecule has 1 aliphatic heterocycles. The van der Waals surface area contributed by atoms with E-state index in [0.29, 0.717) is 23.4 Å². The second-order valence-corrected chi connectivity index (χ2v) is 6.93. The van der Waals surface area contributed by atoms with Crippen molar-refractivity contribution in [2.45, 2.75) is 24.6 Å². The molecule has 1 aromatic carbocycles. The lowest BCUT2D eigenvalue weighted by Gasteiger charge is -2.24. The quantitative estimate of drug-likeness (QED) is 0.836. The Labute approximate surface area is 146 Å². The molecule has 2 heterocycles. The molecule has 6 heteroatoms. The first-order chi connectivity index (χ1) is 11.8. The van der Waals surface area contributed by atoms with E-state index in [4.69, 9.17) is 4.42 Å². The number of thioether (sulfide) groups is 1. The molecule has 1 aromatic heterocycles. The first-order valence-electron chi connectivity index (χ1n) is 8.29. The van der Waals surface area contributed by atoms with Crippen LogP contribution in [0.3, 0.4) is 0 Å². The Morgan fingerprint density at radius 2 is 2.25 bits per heavy atom. The summed E-state index contributed by atoms with van der Waals surface area (Å²) in [7, 11) is 1.94. The van der Waals surface area contributed by atoms with Gasteiger partial charge >= 0.3 is 0 Å². The van der Waals surface area contributed by atoms with Gasteiger partial charge in [0.2, 0.25) is 11.8 Å². The molecule has 0 spiro atoms. The molecule has 24 heavy (non-hydrogen) atoms. The molecular weight excluding hydrogens is 322 g/mol. The Kier molecular flexibility index (Phi) is 5.93. The predicted molar refractivity (Wildman–Crippen MR) is 96.8 cm³/mol. The van der Waals surface area contributed by atoms with Crippen LogP contribution in [-0.2, 0) is 10.5 Å². The Bertz CT molecular complexity index is 659. The smallest absolute Gasteiger partial charge is 0.232 e. The van der Waals surface area contributed by atoms with Gasteiger partial charge in [0, 0.05) is 30.4 Å². The van der Waals surface area contributed by atoms with Crippen LogP contribution in [0.4, 0.5) is 0 Å². The summed E-state index contributed by atoms with van der Waals surface area (Å²) in [5, 5.41) is 3.17. The number of likely N-dealkylation sites (tertiary alicyclic amines) is 1. The molecule has 1 unspecified atom stereocenters. The number of rotatable bonds is 7. The monoisotopic (exact) mass is 345 g/mol. The van der Waals surface area contributed by atoms with Gasteiger partial charge in [-0.2, -0.15) is 0 Å². The maximum Gasteiger partial charge on any atom is 0.232 e. The largest absolute Gasteiger partial charge is 0.444 e. The topological polar surface area (TPSA) is 58.4 Å². The molecule has 0 aliphatic carbocycles. The van der Waals surface area contributed by atoms with E-state index in [0.717, 1.165) is 37.2 Å². The van der Waals surface area contributed by atoms with Crippen molar-refractivity contribution < 1.29 is 9.21 Å². The summed E-state index contributed by atoms with van der Waals surface area (Å²) in [5.41, 5.74) is 1.84. The maximum atomic E-state index is 12.4. The molecule has 1 atom stereocenters. The first-order valence-corrected chi connectivity index (χ1v) is 9.45. The molecule has 0 bridgehead atoms. The zero-order chi connectivity index (χ0) is 16.8. The maximum absolute atomic E-state index is 12.4. The minimum absolute atomic E-state index is 0.226. The number of likely N-dealkylation sites (N-methyl/N-ethyl adjacent to an activating group) is 1. The number of aromatic nitrogens is 1. The van der Waals surface area contributed by atoms with Gasteiger partial charge in [-0.15, -0.1) is 11.8 Å². The summed E-state index contributed by atoms with van der Waals surface area (Å²) < 4.78 is 5.53. The van der Waals surface area contributed by atoms with Crippen molar-refractivity contribution in [3.8, 4) is 11.5 Å². The van der Waals surface area contributed by atoms with Gasteiger partial charge in [0.1, 0.15) is 6.26 Å². The third-order valence-electron chi connectivity index (χ3n) is 4.19. The van der Waals surface area contributed by atoms with Crippen molar-refractivity contribution in [2.75, 3.05) is 25.9 Å². The fourth-order valence-electron chi connectivity index (χ4n) is 3.02. The minimum Gasteiger partial charge on any atom is -0.444 e. The van der Waals surface area contributed by atoms with Crippen LogP contribution < -0.4 is 5.32 Å². The summed E-state index contributed by atoms with van der Waals surface area (Å²) in [6.45, 7) is 1.76. The molecule has 1 aliphatic rings. The summed E-state index contributed by atoms with van der Waals surface area (Å²) in [5.74, 6) is 2.04. The van der Waals surface area contributed by atoms with E-state index in [-0.39, 0.29) is 5.91 Å². The number of carbonyl (C=O) groups excluding carboxylic acids is 1. The predicted octanol–water partition coefficient (Wildman–Crippen LogP) is 2.79. The average Bonchev–Trinajstić information content (AvgIpc) is 3.25. The van der Waals surface area contributed by atoms with Crippen molar-refractivity contribution in [3.63, 3.8) is 0 Å². The third-order valence-corrected chi connectivity index (χ3v) is 5.14. The number of hydrogen-bond acceptors (Lipinski definition) is 5. The van der Waals surface area contributed by atoms with Gasteiger partial charge in [0.05, 0.1) is 11.4 Å². The third kappa shape index (κ3) is 4.19. The average molecular weight is 345 g/mol. The molecule has 0 saturated carbocycles. The fraction of sp³-hybridized carbons (Fsp3) is 0.444. The van der Waals surface area contributed by atoms with Gasteiger partial charge in [-0.1, -0.05) is 18.2 Å². The van der Waals surface area contributed by atoms with Gasteiger partial charge < -0.3 is 14.6 Å². The molecule has 2 aromatic rings. The summed E-state index contributed by atoms with van der Waals surface area (Å²) in [6.07, 6.45) is 3.88. The van der Waals surface area contributed by atoms with Crippen LogP contribution in [0, 0.1) is 0 Å². The molecule has 1 N–H and O–H groups in total. The SMILES string of the molecule is CNCC1CCCN1C(=O)CSCc1coc(-c2ccccc2)n1. The van der Waals surface area contributed by atoms with E-state index < -0.39 is 0 Å². The highest BCUT2D eigenvalue weighted by atomic mass is 32.2. The van der Waals surface area contributed by atoms with E-state index in [1.165, 1.54) is 0 Å². The number of benzene rings is 1. The van der Waals surface area contributed by atoms with Gasteiger partial charge in [-0.05, 0) is 32.0 Å². The van der Waals surface area contributed by atoms with Gasteiger partial charge in [0.15, 0.2) is 0 Å². The lowest BCUT2D eigenvalue weighted by molar-refractivity contribution is -0.129. The van der Waals surface area contributed by atoms with Crippen LogP contribution >= 0.6 is 11.8 Å². The Hall–Kier alpha value is -1.79. The lowest BCUT2D eigenvalue weighted by Crippen LogP contribution is -2.41. The molecule has 1 amide bonds. The number of oxazole rings is 1. The number of carbonyl (C=O) groups is 1. The molecule has 1 fully saturated rings. The number of amides is 1. The van der Waals surface area contributed by atoms with Gasteiger partial charge in [-0.25, -0.2) is 4.98 Å². The Balaban J connectivity index is 1.48. The second-order valence-electron chi connectivity index (χ2n) is 5.94. The number of hydrogen-bond donors (Lipinski definition) is 1. The van der Waals surface area contributed by atoms with Crippen LogP contribution in [0.15, 0.2) is 41.0 Å². The van der Waals surface area contributed by atoms with E-state index in [1.807, 2.05) is 42.3 Å². The summed E-state index contributed by atoms with van der Waals surface area (Å²) >= 11 is 1.60. The highest BCUT2D eigenvalue weighted by Gasteiger charge is 2.27. The molecule has 5 nitrogen and oxygen atoms in total. The zero-order valence-electron chi connectivity index (χ0n) is 13.9. The number of nitrogens with one attached hydrogen (secondary N) is 1. The first kappa shape index (κ1) is 17.0. The molecule has 0 radical (unpaired) electrons. The normalized spacial score (nSPS) is 17.4. The number of nitrogens with zero attached hydrogens (tertiary/aromatic N) is 2. The van der Waals surface area contributed by atoms with Gasteiger partial charge in [-0.3, -0.25) is 4.79 Å². The van der Waals surface area contributed by atoms with Crippen LogP contribution in [0.2, 0.25) is 0 Å². The summed E-state index contributed by atoms with van der Waals surface area (Å²) in [6, 6.07) is 10.2. The Morgan fingerprint density at radius 3 is 3.04 bits per heavy atom. The van der Waals surface area contributed by atoms with Crippen LogP contribution in [0.1, 0.15) is 18.5 Å². The van der Waals surface area contributed by atoms with Crippen molar-refractivity contribution in [1.29, 1.82) is 0 Å². The lowest BCUT2D eigenvalue weighted by atomic mass is 10.2. The van der Waals surface area contributed by atoms with Crippen molar-refractivity contribution >= 4 is 17.7 Å². The molecule has 128 valence electrons. The van der Waals surface area contributed by atoms with Crippen LogP contribution in [-0.4, -0.2) is 47.7 Å². The van der Waals surface area contributed by atoms with Gasteiger partial charge in [0.25, 0.3) is 0 Å². The fourth-order valence-corrected chi connectivity index (χ4v) is 3.81. The molecular formula is C18H23N3O2S. The van der Waals surface area contributed by atoms with Crippen LogP contribution in [0.25, 0.3) is 11.5 Å². The Morgan fingerprint density at radius 1 is 1.42 bits per heavy atom. The minimum atomic E-state index is 0.226. The second kappa shape index (κ2) is 8.35. The van der Waals surface area contributed by atoms with Crippen LogP contribution in [0.5, 0.6) is 0 Å². The van der Waals surface area contributed by atoms with Crippen molar-refractivity contribution in [1.82, 2.24) is 15.2 Å². The standard InChI is InChI=1S/C18H23N3O2S/c1-19-10-16-8-5-9-21(16)17(22)13-24-12-15-11-23-18(20-15)14-6-3-2-4-7-14/h2-4,6-7,11,16,19H,5,8-10,12-13H2,1H3. The van der Waals surface area contributed by atoms with Crippen molar-refractivity contribution in [3.05, 3.63) is 42.3 Å². The summed E-state index contributed by atoms with van der Waals surface area (Å²) in [4.78, 5) is 18.9.